The van der Waals surface area contributed by atoms with Gasteiger partial charge in [-0.3, -0.25) is 9.59 Å². The second kappa shape index (κ2) is 7.24. The highest BCUT2D eigenvalue weighted by atomic mass is 16.5. The third-order valence-corrected chi connectivity index (χ3v) is 2.72. The molecule has 0 aromatic rings. The molecule has 1 aliphatic rings. The molecule has 0 aromatic heterocycles. The fourth-order valence-electron chi connectivity index (χ4n) is 1.69. The zero-order valence-electron chi connectivity index (χ0n) is 10.1. The number of carbonyl (C=O) groups excluding carboxylic acids is 1. The van der Waals surface area contributed by atoms with Gasteiger partial charge in [0, 0.05) is 33.1 Å². The number of nitrogens with zero attached hydrogens (tertiary/aromatic N) is 1. The van der Waals surface area contributed by atoms with Crippen molar-refractivity contribution in [2.45, 2.75) is 25.4 Å². The largest absolute Gasteiger partial charge is 0.481 e. The van der Waals surface area contributed by atoms with Gasteiger partial charge in [0.2, 0.25) is 5.91 Å². The minimum atomic E-state index is -0.828. The summed E-state index contributed by atoms with van der Waals surface area (Å²) in [5, 5.41) is 11.7. The number of hydrogen-bond donors (Lipinski definition) is 2. The van der Waals surface area contributed by atoms with Crippen LogP contribution in [-0.2, 0) is 14.3 Å². The molecule has 17 heavy (non-hydrogen) atoms. The minimum absolute atomic E-state index is 0.00379. The zero-order valence-corrected chi connectivity index (χ0v) is 10.1. The fraction of sp³-hybridized carbons (Fsp3) is 0.818. The van der Waals surface area contributed by atoms with Gasteiger partial charge < -0.3 is 20.1 Å². The predicted molar refractivity (Wildman–Crippen MR) is 61.7 cm³/mol. The van der Waals surface area contributed by atoms with Gasteiger partial charge in [0.05, 0.1) is 19.1 Å². The predicted octanol–water partition coefficient (Wildman–Crippen LogP) is -0.312. The number of hydrogen-bond acceptors (Lipinski definition) is 4. The van der Waals surface area contributed by atoms with E-state index in [9.17, 15) is 9.59 Å². The second-order valence-electron chi connectivity index (χ2n) is 4.21. The SMILES string of the molecule is CN(CCCC(=O)O)C(=O)CC1CNCCO1. The van der Waals surface area contributed by atoms with Gasteiger partial charge in [-0.15, -0.1) is 0 Å². The summed E-state index contributed by atoms with van der Waals surface area (Å²) < 4.78 is 5.44. The number of carboxylic acid groups (broad SMARTS) is 1. The lowest BCUT2D eigenvalue weighted by Crippen LogP contribution is -2.42. The van der Waals surface area contributed by atoms with Crippen LogP contribution < -0.4 is 5.32 Å². The molecule has 0 aliphatic carbocycles. The van der Waals surface area contributed by atoms with Gasteiger partial charge in [0.1, 0.15) is 0 Å². The van der Waals surface area contributed by atoms with Gasteiger partial charge in [-0.05, 0) is 6.42 Å². The lowest BCUT2D eigenvalue weighted by molar-refractivity contribution is -0.138. The maximum Gasteiger partial charge on any atom is 0.303 e. The molecule has 1 heterocycles. The van der Waals surface area contributed by atoms with E-state index in [2.05, 4.69) is 5.32 Å². The molecule has 98 valence electrons. The van der Waals surface area contributed by atoms with Gasteiger partial charge in [-0.25, -0.2) is 0 Å². The Kier molecular flexibility index (Phi) is 5.93. The Bertz CT molecular complexity index is 264. The number of carbonyl (C=O) groups is 2. The molecule has 1 saturated heterocycles. The molecule has 1 fully saturated rings. The van der Waals surface area contributed by atoms with E-state index in [1.54, 1.807) is 11.9 Å². The molecular formula is C11H20N2O4. The van der Waals surface area contributed by atoms with E-state index in [0.29, 0.717) is 32.5 Å². The molecule has 0 spiro atoms. The molecule has 1 atom stereocenters. The maximum absolute atomic E-state index is 11.8. The van der Waals surface area contributed by atoms with Crippen molar-refractivity contribution < 1.29 is 19.4 Å². The van der Waals surface area contributed by atoms with Gasteiger partial charge in [-0.2, -0.15) is 0 Å². The summed E-state index contributed by atoms with van der Waals surface area (Å²) in [5.74, 6) is -0.824. The first-order valence-electron chi connectivity index (χ1n) is 5.87. The van der Waals surface area contributed by atoms with E-state index in [0.717, 1.165) is 6.54 Å². The van der Waals surface area contributed by atoms with Crippen LogP contribution in [0.25, 0.3) is 0 Å². The van der Waals surface area contributed by atoms with E-state index in [1.807, 2.05) is 0 Å². The molecule has 6 nitrogen and oxygen atoms in total. The molecule has 1 unspecified atom stereocenters. The Labute approximate surface area is 101 Å². The number of aliphatic carboxylic acids is 1. The molecular weight excluding hydrogens is 224 g/mol. The van der Waals surface area contributed by atoms with Crippen LogP contribution in [0.2, 0.25) is 0 Å². The van der Waals surface area contributed by atoms with E-state index < -0.39 is 5.97 Å². The molecule has 1 rings (SSSR count). The third-order valence-electron chi connectivity index (χ3n) is 2.72. The number of morpholine rings is 1. The lowest BCUT2D eigenvalue weighted by atomic mass is 10.2. The second-order valence-corrected chi connectivity index (χ2v) is 4.21. The standard InChI is InChI=1S/C11H20N2O4/c1-13(5-2-3-11(15)16)10(14)7-9-8-12-4-6-17-9/h9,12H,2-8H2,1H3,(H,15,16). The summed E-state index contributed by atoms with van der Waals surface area (Å²) in [7, 11) is 1.69. The molecule has 0 radical (unpaired) electrons. The summed E-state index contributed by atoms with van der Waals surface area (Å²) in [6.45, 7) is 2.65. The number of nitrogens with one attached hydrogen (secondary N) is 1. The Morgan fingerprint density at radius 3 is 2.88 bits per heavy atom. The number of carboxylic acids is 1. The number of rotatable bonds is 6. The third kappa shape index (κ3) is 5.65. The Morgan fingerprint density at radius 1 is 1.53 bits per heavy atom. The van der Waals surface area contributed by atoms with Crippen LogP contribution >= 0.6 is 0 Å². The Morgan fingerprint density at radius 2 is 2.29 bits per heavy atom. The van der Waals surface area contributed by atoms with Crippen molar-refractivity contribution in [3.63, 3.8) is 0 Å². The monoisotopic (exact) mass is 244 g/mol. The highest BCUT2D eigenvalue weighted by molar-refractivity contribution is 5.76. The smallest absolute Gasteiger partial charge is 0.303 e. The van der Waals surface area contributed by atoms with Crippen LogP contribution in [0.1, 0.15) is 19.3 Å². The first-order chi connectivity index (χ1) is 8.09. The summed E-state index contributed by atoms with van der Waals surface area (Å²) >= 11 is 0. The Balaban J connectivity index is 2.18. The zero-order chi connectivity index (χ0) is 12.7. The first-order valence-corrected chi connectivity index (χ1v) is 5.87. The summed E-state index contributed by atoms with van der Waals surface area (Å²) in [5.41, 5.74) is 0. The van der Waals surface area contributed by atoms with Gasteiger partial charge >= 0.3 is 5.97 Å². The Hall–Kier alpha value is -1.14. The van der Waals surface area contributed by atoms with Gasteiger partial charge in [0.15, 0.2) is 0 Å². The quantitative estimate of drug-likeness (QED) is 0.670. The summed E-state index contributed by atoms with van der Waals surface area (Å²) in [6.07, 6.45) is 0.884. The van der Waals surface area contributed by atoms with Crippen molar-refractivity contribution in [1.29, 1.82) is 0 Å². The van der Waals surface area contributed by atoms with Crippen molar-refractivity contribution in [2.75, 3.05) is 33.3 Å². The van der Waals surface area contributed by atoms with Crippen LogP contribution in [0, 0.1) is 0 Å². The van der Waals surface area contributed by atoms with Crippen molar-refractivity contribution in [3.05, 3.63) is 0 Å². The van der Waals surface area contributed by atoms with Crippen molar-refractivity contribution in [2.24, 2.45) is 0 Å². The fourth-order valence-corrected chi connectivity index (χ4v) is 1.69. The number of amides is 1. The van der Waals surface area contributed by atoms with Crippen LogP contribution in [-0.4, -0.2) is 61.3 Å². The molecule has 2 N–H and O–H groups in total. The average Bonchev–Trinajstić information content (AvgIpc) is 2.29. The van der Waals surface area contributed by atoms with Crippen LogP contribution in [0.5, 0.6) is 0 Å². The molecule has 0 aromatic carbocycles. The molecule has 1 amide bonds. The van der Waals surface area contributed by atoms with Crippen LogP contribution in [0.3, 0.4) is 0 Å². The normalized spacial score (nSPS) is 19.9. The first kappa shape index (κ1) is 13.9. The minimum Gasteiger partial charge on any atom is -0.481 e. The average molecular weight is 244 g/mol. The summed E-state index contributed by atoms with van der Waals surface area (Å²) in [6, 6.07) is 0. The van der Waals surface area contributed by atoms with Crippen molar-refractivity contribution in [1.82, 2.24) is 10.2 Å². The highest BCUT2D eigenvalue weighted by Crippen LogP contribution is 2.05. The van der Waals surface area contributed by atoms with Crippen molar-refractivity contribution >= 4 is 11.9 Å². The van der Waals surface area contributed by atoms with Gasteiger partial charge in [0.25, 0.3) is 0 Å². The van der Waals surface area contributed by atoms with E-state index in [1.165, 1.54) is 0 Å². The topological polar surface area (TPSA) is 78.9 Å². The van der Waals surface area contributed by atoms with Crippen LogP contribution in [0.15, 0.2) is 0 Å². The summed E-state index contributed by atoms with van der Waals surface area (Å²) in [4.78, 5) is 23.7. The molecule has 6 heteroatoms. The van der Waals surface area contributed by atoms with E-state index in [-0.39, 0.29) is 18.4 Å². The van der Waals surface area contributed by atoms with Crippen molar-refractivity contribution in [3.8, 4) is 0 Å². The molecule has 0 saturated carbocycles. The van der Waals surface area contributed by atoms with E-state index in [4.69, 9.17) is 9.84 Å². The van der Waals surface area contributed by atoms with E-state index >= 15 is 0 Å². The number of ether oxygens (including phenoxy) is 1. The van der Waals surface area contributed by atoms with Crippen LogP contribution in [0.4, 0.5) is 0 Å². The molecule has 1 aliphatic heterocycles. The molecule has 0 bridgehead atoms. The lowest BCUT2D eigenvalue weighted by Gasteiger charge is -2.25. The van der Waals surface area contributed by atoms with Gasteiger partial charge in [-0.1, -0.05) is 0 Å². The maximum atomic E-state index is 11.8. The highest BCUT2D eigenvalue weighted by Gasteiger charge is 2.19.